The van der Waals surface area contributed by atoms with Crippen molar-refractivity contribution in [2.45, 2.75) is 56.5 Å². The van der Waals surface area contributed by atoms with Crippen molar-refractivity contribution in [2.75, 3.05) is 6.61 Å². The van der Waals surface area contributed by atoms with Gasteiger partial charge in [-0.1, -0.05) is 73.9 Å². The fraction of sp³-hybridized carbons (Fsp3) is 0.500. The highest BCUT2D eigenvalue weighted by atomic mass is 16.5. The third kappa shape index (κ3) is 2.56. The number of rotatable bonds is 1. The van der Waals surface area contributed by atoms with Gasteiger partial charge in [0.25, 0.3) is 0 Å². The maximum Gasteiger partial charge on any atom is 0.0722 e. The van der Waals surface area contributed by atoms with Crippen LogP contribution >= 0.6 is 0 Å². The van der Waals surface area contributed by atoms with E-state index in [0.29, 0.717) is 11.8 Å². The van der Waals surface area contributed by atoms with Gasteiger partial charge >= 0.3 is 0 Å². The van der Waals surface area contributed by atoms with Crippen LogP contribution in [-0.2, 0) is 11.2 Å². The zero-order chi connectivity index (χ0) is 16.7. The predicted octanol–water partition coefficient (Wildman–Crippen LogP) is 5.73. The zero-order valence-electron chi connectivity index (χ0n) is 15.0. The number of ether oxygens (including phenoxy) is 1. The number of hydrogen-bond donors (Lipinski definition) is 0. The molecule has 3 aliphatic rings. The highest BCUT2D eigenvalue weighted by Crippen LogP contribution is 2.56. The average molecular weight is 332 g/mol. The lowest BCUT2D eigenvalue weighted by Gasteiger charge is -2.55. The van der Waals surface area contributed by atoms with Crippen molar-refractivity contribution in [3.05, 3.63) is 71.3 Å². The molecule has 0 radical (unpaired) electrons. The Balaban J connectivity index is 1.67. The SMILES string of the molecule is c1ccc([C@H]2c3ccccc3C[C@H]3CCOC4(CCCCC4)[C@@H]32)cc1. The van der Waals surface area contributed by atoms with Gasteiger partial charge in [0.2, 0.25) is 0 Å². The summed E-state index contributed by atoms with van der Waals surface area (Å²) in [6, 6.07) is 20.4. The first-order valence-electron chi connectivity index (χ1n) is 10.1. The average Bonchev–Trinajstić information content (AvgIpc) is 2.68. The lowest BCUT2D eigenvalue weighted by atomic mass is 9.56. The quantitative estimate of drug-likeness (QED) is 0.648. The van der Waals surface area contributed by atoms with E-state index in [0.717, 1.165) is 12.5 Å². The van der Waals surface area contributed by atoms with Gasteiger partial charge in [-0.2, -0.15) is 0 Å². The van der Waals surface area contributed by atoms with Crippen molar-refractivity contribution in [1.82, 2.24) is 0 Å². The smallest absolute Gasteiger partial charge is 0.0722 e. The fourth-order valence-electron chi connectivity index (χ4n) is 6.10. The summed E-state index contributed by atoms with van der Waals surface area (Å²) in [7, 11) is 0. The van der Waals surface area contributed by atoms with Crippen molar-refractivity contribution in [2.24, 2.45) is 11.8 Å². The van der Waals surface area contributed by atoms with Gasteiger partial charge < -0.3 is 4.74 Å². The summed E-state index contributed by atoms with van der Waals surface area (Å²) in [5.74, 6) is 1.90. The van der Waals surface area contributed by atoms with Crippen molar-refractivity contribution in [3.8, 4) is 0 Å². The van der Waals surface area contributed by atoms with Crippen LogP contribution in [0.3, 0.4) is 0 Å². The molecule has 2 aromatic carbocycles. The van der Waals surface area contributed by atoms with Crippen LogP contribution in [0, 0.1) is 11.8 Å². The van der Waals surface area contributed by atoms with Crippen LogP contribution in [0.25, 0.3) is 0 Å². The van der Waals surface area contributed by atoms with Gasteiger partial charge in [0.15, 0.2) is 0 Å². The molecule has 0 amide bonds. The van der Waals surface area contributed by atoms with E-state index in [9.17, 15) is 0 Å². The summed E-state index contributed by atoms with van der Waals surface area (Å²) in [5.41, 5.74) is 4.74. The summed E-state index contributed by atoms with van der Waals surface area (Å²) in [5, 5.41) is 0. The maximum atomic E-state index is 6.64. The first-order valence-corrected chi connectivity index (χ1v) is 10.1. The van der Waals surface area contributed by atoms with Gasteiger partial charge in [0.05, 0.1) is 5.60 Å². The second-order valence-corrected chi connectivity index (χ2v) is 8.34. The molecule has 0 bridgehead atoms. The Bertz CT molecular complexity index is 723. The first-order chi connectivity index (χ1) is 12.4. The third-order valence-corrected chi connectivity index (χ3v) is 7.08. The van der Waals surface area contributed by atoms with E-state index >= 15 is 0 Å². The maximum absolute atomic E-state index is 6.64. The second-order valence-electron chi connectivity index (χ2n) is 8.34. The van der Waals surface area contributed by atoms with E-state index in [-0.39, 0.29) is 5.60 Å². The molecule has 1 heteroatoms. The molecule has 0 unspecified atom stereocenters. The van der Waals surface area contributed by atoms with Crippen molar-refractivity contribution in [3.63, 3.8) is 0 Å². The van der Waals surface area contributed by atoms with Crippen LogP contribution in [-0.4, -0.2) is 12.2 Å². The number of benzene rings is 2. The fourth-order valence-corrected chi connectivity index (χ4v) is 6.10. The van der Waals surface area contributed by atoms with E-state index in [1.807, 2.05) is 0 Å². The van der Waals surface area contributed by atoms with Gasteiger partial charge in [-0.3, -0.25) is 0 Å². The van der Waals surface area contributed by atoms with E-state index < -0.39 is 0 Å². The van der Waals surface area contributed by atoms with Crippen LogP contribution in [0.1, 0.15) is 61.1 Å². The molecule has 1 spiro atoms. The van der Waals surface area contributed by atoms with Crippen LogP contribution in [0.2, 0.25) is 0 Å². The zero-order valence-corrected chi connectivity index (χ0v) is 15.0. The minimum absolute atomic E-state index is 0.120. The van der Waals surface area contributed by atoms with Gasteiger partial charge in [0, 0.05) is 18.4 Å². The summed E-state index contributed by atoms with van der Waals surface area (Å²) in [6.07, 6.45) is 9.06. The van der Waals surface area contributed by atoms with Crippen molar-refractivity contribution < 1.29 is 4.74 Å². The monoisotopic (exact) mass is 332 g/mol. The van der Waals surface area contributed by atoms with Gasteiger partial charge in [-0.25, -0.2) is 0 Å². The summed E-state index contributed by atoms with van der Waals surface area (Å²) in [6.45, 7) is 0.963. The standard InChI is InChI=1S/C24H28O/c1-3-9-18(10-4-1)22-21-12-6-5-11-19(21)17-20-13-16-25-24(23(20)22)14-7-2-8-15-24/h1,3-6,9-12,20,22-23H,2,7-8,13-17H2/t20-,22+,23+/m1/s1. The van der Waals surface area contributed by atoms with Crippen LogP contribution in [0.4, 0.5) is 0 Å². The lowest BCUT2D eigenvalue weighted by Crippen LogP contribution is -2.54. The molecule has 1 aliphatic heterocycles. The highest BCUT2D eigenvalue weighted by Gasteiger charge is 2.53. The number of fused-ring (bicyclic) bond motifs is 3. The highest BCUT2D eigenvalue weighted by molar-refractivity contribution is 5.42. The molecule has 1 heterocycles. The van der Waals surface area contributed by atoms with E-state index in [4.69, 9.17) is 4.74 Å². The molecular formula is C24H28O. The summed E-state index contributed by atoms with van der Waals surface area (Å²) < 4.78 is 6.64. The van der Waals surface area contributed by atoms with Crippen LogP contribution in [0.5, 0.6) is 0 Å². The summed E-state index contributed by atoms with van der Waals surface area (Å²) in [4.78, 5) is 0. The molecule has 25 heavy (non-hydrogen) atoms. The van der Waals surface area contributed by atoms with E-state index in [1.165, 1.54) is 50.5 Å². The van der Waals surface area contributed by atoms with Gasteiger partial charge in [-0.05, 0) is 48.3 Å². The Morgan fingerprint density at radius 1 is 0.840 bits per heavy atom. The Morgan fingerprint density at radius 3 is 2.44 bits per heavy atom. The minimum Gasteiger partial charge on any atom is -0.375 e. The van der Waals surface area contributed by atoms with Crippen molar-refractivity contribution in [1.29, 1.82) is 0 Å². The molecule has 1 saturated heterocycles. The largest absolute Gasteiger partial charge is 0.375 e. The summed E-state index contributed by atoms with van der Waals surface area (Å²) >= 11 is 0. The van der Waals surface area contributed by atoms with Crippen LogP contribution in [0.15, 0.2) is 54.6 Å². The molecule has 5 rings (SSSR count). The van der Waals surface area contributed by atoms with Crippen LogP contribution < -0.4 is 0 Å². The molecule has 1 saturated carbocycles. The second kappa shape index (κ2) is 6.29. The van der Waals surface area contributed by atoms with E-state index in [2.05, 4.69) is 54.6 Å². The van der Waals surface area contributed by atoms with Gasteiger partial charge in [-0.15, -0.1) is 0 Å². The molecule has 3 atom stereocenters. The molecular weight excluding hydrogens is 304 g/mol. The Hall–Kier alpha value is -1.60. The molecule has 0 N–H and O–H groups in total. The lowest BCUT2D eigenvalue weighted by molar-refractivity contribution is -0.166. The molecule has 2 fully saturated rings. The minimum atomic E-state index is 0.120. The normalized spacial score (nSPS) is 30.5. The van der Waals surface area contributed by atoms with Gasteiger partial charge in [0.1, 0.15) is 0 Å². The predicted molar refractivity (Wildman–Crippen MR) is 102 cm³/mol. The third-order valence-electron chi connectivity index (χ3n) is 7.08. The topological polar surface area (TPSA) is 9.23 Å². The molecule has 0 aromatic heterocycles. The molecule has 130 valence electrons. The van der Waals surface area contributed by atoms with Crippen molar-refractivity contribution >= 4 is 0 Å². The Labute approximate surface area is 151 Å². The van der Waals surface area contributed by atoms with E-state index in [1.54, 1.807) is 11.1 Å². The molecule has 2 aliphatic carbocycles. The molecule has 2 aromatic rings. The number of hydrogen-bond acceptors (Lipinski definition) is 1. The Kier molecular flexibility index (Phi) is 3.93. The molecule has 1 nitrogen and oxygen atoms in total. The first kappa shape index (κ1) is 15.6. The Morgan fingerprint density at radius 2 is 1.60 bits per heavy atom.